The molecule has 1 N–H and O–H groups in total. The summed E-state index contributed by atoms with van der Waals surface area (Å²) < 4.78 is 20.2. The van der Waals surface area contributed by atoms with E-state index in [-0.39, 0.29) is 5.82 Å². The number of benzene rings is 2. The largest absolute Gasteiger partial charge is 0.489 e. The van der Waals surface area contributed by atoms with Crippen molar-refractivity contribution in [1.82, 2.24) is 0 Å². The zero-order valence-electron chi connectivity index (χ0n) is 10.00. The molecule has 2 nitrogen and oxygen atoms in total. The minimum atomic E-state index is -0.237. The van der Waals surface area contributed by atoms with Crippen molar-refractivity contribution >= 4 is 37.5 Å². The molecular weight excluding hydrogens is 377 g/mol. The van der Waals surface area contributed by atoms with E-state index < -0.39 is 0 Å². The van der Waals surface area contributed by atoms with Crippen LogP contribution >= 0.6 is 31.9 Å². The number of hydrogen-bond acceptors (Lipinski definition) is 2. The first-order valence-electron chi connectivity index (χ1n) is 5.73. The molecule has 0 atom stereocenters. The Bertz CT molecular complexity index is 525. The maximum absolute atomic E-state index is 12.7. The van der Waals surface area contributed by atoms with Gasteiger partial charge in [-0.15, -0.1) is 0 Å². The molecule has 100 valence electrons. The highest BCUT2D eigenvalue weighted by Gasteiger charge is 2.05. The second-order valence-electron chi connectivity index (χ2n) is 3.83. The highest BCUT2D eigenvalue weighted by atomic mass is 79.9. The van der Waals surface area contributed by atoms with E-state index in [1.54, 1.807) is 12.1 Å². The van der Waals surface area contributed by atoms with Crippen LogP contribution in [0, 0.1) is 5.82 Å². The van der Waals surface area contributed by atoms with E-state index in [4.69, 9.17) is 4.74 Å². The Morgan fingerprint density at radius 3 is 2.26 bits per heavy atom. The predicted molar refractivity (Wildman–Crippen MR) is 82.2 cm³/mol. The number of halogens is 3. The lowest BCUT2D eigenvalue weighted by atomic mass is 10.3. The fourth-order valence-electron chi connectivity index (χ4n) is 1.54. The fourth-order valence-corrected chi connectivity index (χ4v) is 2.76. The van der Waals surface area contributed by atoms with Gasteiger partial charge in [0.05, 0.1) is 8.95 Å². The third kappa shape index (κ3) is 4.21. The summed E-state index contributed by atoms with van der Waals surface area (Å²) in [6.45, 7) is 1.15. The van der Waals surface area contributed by atoms with Crippen LogP contribution in [0.2, 0.25) is 0 Å². The van der Waals surface area contributed by atoms with Crippen molar-refractivity contribution in [1.29, 1.82) is 0 Å². The molecule has 19 heavy (non-hydrogen) atoms. The van der Waals surface area contributed by atoms with E-state index in [2.05, 4.69) is 37.2 Å². The van der Waals surface area contributed by atoms with Gasteiger partial charge in [-0.2, -0.15) is 0 Å². The molecule has 0 aliphatic rings. The maximum Gasteiger partial charge on any atom is 0.147 e. The summed E-state index contributed by atoms with van der Waals surface area (Å²) in [7, 11) is 0. The van der Waals surface area contributed by atoms with Crippen molar-refractivity contribution in [2.45, 2.75) is 0 Å². The van der Waals surface area contributed by atoms with Gasteiger partial charge in [0.25, 0.3) is 0 Å². The lowest BCUT2D eigenvalue weighted by Gasteiger charge is -2.11. The number of anilines is 1. The van der Waals surface area contributed by atoms with Crippen LogP contribution in [0.4, 0.5) is 10.1 Å². The van der Waals surface area contributed by atoms with Gasteiger partial charge in [-0.1, -0.05) is 6.07 Å². The van der Waals surface area contributed by atoms with Crippen LogP contribution in [0.15, 0.2) is 51.4 Å². The fraction of sp³-hybridized carbons (Fsp3) is 0.143. The standard InChI is InChI=1S/C14H12Br2FNO/c15-12-2-1-3-13(16)14(12)19-9-8-18-11-6-4-10(17)5-7-11/h1-7,18H,8-9H2. The summed E-state index contributed by atoms with van der Waals surface area (Å²) >= 11 is 6.87. The quantitative estimate of drug-likeness (QED) is 0.740. The van der Waals surface area contributed by atoms with Crippen molar-refractivity contribution < 1.29 is 9.13 Å². The van der Waals surface area contributed by atoms with Crippen LogP contribution in [0.3, 0.4) is 0 Å². The Morgan fingerprint density at radius 1 is 1.00 bits per heavy atom. The maximum atomic E-state index is 12.7. The molecule has 0 spiro atoms. The smallest absolute Gasteiger partial charge is 0.147 e. The molecule has 0 saturated heterocycles. The van der Waals surface area contributed by atoms with Gasteiger partial charge >= 0.3 is 0 Å². The van der Waals surface area contributed by atoms with Gasteiger partial charge in [0.1, 0.15) is 18.2 Å². The van der Waals surface area contributed by atoms with Crippen LogP contribution in [-0.2, 0) is 0 Å². The second-order valence-corrected chi connectivity index (χ2v) is 5.54. The van der Waals surface area contributed by atoms with Gasteiger partial charge in [-0.25, -0.2) is 4.39 Å². The average Bonchev–Trinajstić information content (AvgIpc) is 2.39. The van der Waals surface area contributed by atoms with Crippen molar-refractivity contribution in [3.8, 4) is 5.75 Å². The van der Waals surface area contributed by atoms with E-state index in [0.717, 1.165) is 20.4 Å². The molecule has 2 rings (SSSR count). The zero-order chi connectivity index (χ0) is 13.7. The van der Waals surface area contributed by atoms with Crippen LogP contribution in [0.25, 0.3) is 0 Å². The Morgan fingerprint density at radius 2 is 1.63 bits per heavy atom. The number of nitrogens with one attached hydrogen (secondary N) is 1. The first kappa shape index (κ1) is 14.3. The molecule has 0 aliphatic heterocycles. The summed E-state index contributed by atoms with van der Waals surface area (Å²) in [6, 6.07) is 12.0. The van der Waals surface area contributed by atoms with Gasteiger partial charge in [-0.05, 0) is 68.3 Å². The molecule has 0 unspecified atom stereocenters. The lowest BCUT2D eigenvalue weighted by molar-refractivity contribution is 0.329. The second kappa shape index (κ2) is 6.91. The molecule has 0 radical (unpaired) electrons. The summed E-state index contributed by atoms with van der Waals surface area (Å²) in [5.74, 6) is 0.544. The number of rotatable bonds is 5. The molecule has 0 aliphatic carbocycles. The Labute approximate surface area is 128 Å². The molecule has 0 amide bonds. The van der Waals surface area contributed by atoms with E-state index in [1.165, 1.54) is 12.1 Å². The topological polar surface area (TPSA) is 21.3 Å². The molecule has 0 bridgehead atoms. The normalized spacial score (nSPS) is 10.3. The summed E-state index contributed by atoms with van der Waals surface area (Å²) in [5.41, 5.74) is 0.871. The van der Waals surface area contributed by atoms with Gasteiger partial charge < -0.3 is 10.1 Å². The van der Waals surface area contributed by atoms with Crippen LogP contribution in [0.1, 0.15) is 0 Å². The molecule has 0 fully saturated rings. The molecule has 2 aromatic carbocycles. The average molecular weight is 389 g/mol. The predicted octanol–water partition coefficient (Wildman–Crippen LogP) is 4.84. The number of hydrogen-bond donors (Lipinski definition) is 1. The zero-order valence-corrected chi connectivity index (χ0v) is 13.2. The van der Waals surface area contributed by atoms with Gasteiger partial charge in [-0.3, -0.25) is 0 Å². The van der Waals surface area contributed by atoms with E-state index in [0.29, 0.717) is 13.2 Å². The summed E-state index contributed by atoms with van der Waals surface area (Å²) in [6.07, 6.45) is 0. The third-order valence-electron chi connectivity index (χ3n) is 2.44. The number of ether oxygens (including phenoxy) is 1. The van der Waals surface area contributed by atoms with E-state index in [9.17, 15) is 4.39 Å². The molecule has 0 heterocycles. The van der Waals surface area contributed by atoms with Crippen molar-refractivity contribution in [2.75, 3.05) is 18.5 Å². The third-order valence-corrected chi connectivity index (χ3v) is 3.69. The van der Waals surface area contributed by atoms with E-state index >= 15 is 0 Å². The van der Waals surface area contributed by atoms with Crippen molar-refractivity contribution in [3.05, 3.63) is 57.2 Å². The highest BCUT2D eigenvalue weighted by molar-refractivity contribution is 9.11. The van der Waals surface area contributed by atoms with Crippen LogP contribution < -0.4 is 10.1 Å². The van der Waals surface area contributed by atoms with Crippen LogP contribution in [0.5, 0.6) is 5.75 Å². The van der Waals surface area contributed by atoms with Crippen molar-refractivity contribution in [3.63, 3.8) is 0 Å². The Kier molecular flexibility index (Phi) is 5.22. The van der Waals surface area contributed by atoms with E-state index in [1.807, 2.05) is 18.2 Å². The van der Waals surface area contributed by atoms with Crippen molar-refractivity contribution in [2.24, 2.45) is 0 Å². The molecule has 0 saturated carbocycles. The van der Waals surface area contributed by atoms with Crippen LogP contribution in [-0.4, -0.2) is 13.2 Å². The van der Waals surface area contributed by atoms with Gasteiger partial charge in [0.15, 0.2) is 0 Å². The lowest BCUT2D eigenvalue weighted by Crippen LogP contribution is -2.11. The molecule has 2 aromatic rings. The summed E-state index contributed by atoms with van der Waals surface area (Å²) in [5, 5.41) is 3.16. The summed E-state index contributed by atoms with van der Waals surface area (Å²) in [4.78, 5) is 0. The molecule has 0 aromatic heterocycles. The minimum Gasteiger partial charge on any atom is -0.489 e. The van der Waals surface area contributed by atoms with Gasteiger partial charge in [0, 0.05) is 12.2 Å². The molecule has 5 heteroatoms. The Balaban J connectivity index is 1.82. The minimum absolute atomic E-state index is 0.237. The SMILES string of the molecule is Fc1ccc(NCCOc2c(Br)cccc2Br)cc1. The molecular formula is C14H12Br2FNO. The first-order valence-corrected chi connectivity index (χ1v) is 7.31. The number of para-hydroxylation sites is 1. The first-order chi connectivity index (χ1) is 9.16. The highest BCUT2D eigenvalue weighted by Crippen LogP contribution is 2.32. The Hall–Kier alpha value is -1.07. The monoisotopic (exact) mass is 387 g/mol. The van der Waals surface area contributed by atoms with Gasteiger partial charge in [0.2, 0.25) is 0 Å².